The highest BCUT2D eigenvalue weighted by atomic mass is 35.5. The maximum atomic E-state index is 13.6. The van der Waals surface area contributed by atoms with Crippen molar-refractivity contribution in [3.8, 4) is 0 Å². The Hall–Kier alpha value is -1.43. The first-order valence-corrected chi connectivity index (χ1v) is 8.20. The molecule has 2 aromatic heterocycles. The van der Waals surface area contributed by atoms with Crippen LogP contribution in [0.25, 0.3) is 10.1 Å². The van der Waals surface area contributed by atoms with Gasteiger partial charge in [0, 0.05) is 22.9 Å². The lowest BCUT2D eigenvalue weighted by Gasteiger charge is -2.06. The number of nitrogens with one attached hydrogen (secondary N) is 1. The summed E-state index contributed by atoms with van der Waals surface area (Å²) in [5.41, 5.74) is 1.11. The van der Waals surface area contributed by atoms with Gasteiger partial charge in [0.05, 0.1) is 9.72 Å². The summed E-state index contributed by atoms with van der Waals surface area (Å²) in [6.45, 7) is 2.68. The Morgan fingerprint density at radius 1 is 1.23 bits per heavy atom. The third-order valence-electron chi connectivity index (χ3n) is 3.33. The number of fused-ring (bicyclic) bond motifs is 1. The average molecular weight is 356 g/mol. The molecule has 3 aromatic rings. The second kappa shape index (κ2) is 6.36. The van der Waals surface area contributed by atoms with E-state index in [4.69, 9.17) is 23.2 Å². The minimum atomic E-state index is -0.313. The van der Waals surface area contributed by atoms with Gasteiger partial charge in [-0.2, -0.15) is 0 Å². The van der Waals surface area contributed by atoms with Crippen LogP contribution in [0.5, 0.6) is 0 Å². The number of halogens is 3. The number of hydrogen-bond donors (Lipinski definition) is 1. The predicted octanol–water partition coefficient (Wildman–Crippen LogP) is 5.10. The molecule has 1 N–H and O–H groups in total. The maximum Gasteiger partial charge on any atom is 0.134 e. The van der Waals surface area contributed by atoms with Crippen LogP contribution < -0.4 is 5.32 Å². The molecule has 0 spiro atoms. The van der Waals surface area contributed by atoms with E-state index >= 15 is 0 Å². The predicted molar refractivity (Wildman–Crippen MR) is 90.8 cm³/mol. The van der Waals surface area contributed by atoms with Crippen LogP contribution in [0.4, 0.5) is 10.2 Å². The second-order valence-electron chi connectivity index (χ2n) is 4.80. The molecule has 0 bridgehead atoms. The molecule has 0 aliphatic heterocycles. The van der Waals surface area contributed by atoms with E-state index < -0.39 is 0 Å². The van der Waals surface area contributed by atoms with Gasteiger partial charge in [0.1, 0.15) is 23.1 Å². The molecule has 7 heteroatoms. The molecule has 0 aliphatic carbocycles. The van der Waals surface area contributed by atoms with Gasteiger partial charge in [-0.05, 0) is 31.0 Å². The number of rotatable bonds is 4. The summed E-state index contributed by atoms with van der Waals surface area (Å²) in [4.78, 5) is 9.06. The first-order valence-electron chi connectivity index (χ1n) is 6.63. The molecule has 1 aromatic carbocycles. The van der Waals surface area contributed by atoms with E-state index in [0.29, 0.717) is 22.5 Å². The lowest BCUT2D eigenvalue weighted by atomic mass is 10.1. The molecule has 0 radical (unpaired) electrons. The van der Waals surface area contributed by atoms with Gasteiger partial charge in [-0.3, -0.25) is 0 Å². The molecule has 0 atom stereocenters. The molecule has 0 saturated carbocycles. The van der Waals surface area contributed by atoms with Crippen molar-refractivity contribution in [2.24, 2.45) is 0 Å². The fourth-order valence-corrected chi connectivity index (χ4v) is 3.91. The van der Waals surface area contributed by atoms with Gasteiger partial charge < -0.3 is 5.32 Å². The lowest BCUT2D eigenvalue weighted by molar-refractivity contribution is 0.630. The summed E-state index contributed by atoms with van der Waals surface area (Å²) in [5.74, 6) is 0.355. The van der Waals surface area contributed by atoms with E-state index in [1.807, 2.05) is 6.92 Å². The van der Waals surface area contributed by atoms with E-state index in [2.05, 4.69) is 15.3 Å². The van der Waals surface area contributed by atoms with Crippen LogP contribution in [-0.2, 0) is 6.42 Å². The zero-order chi connectivity index (χ0) is 15.7. The SMILES string of the molecule is Cc1sc2c(Cl)cc(F)cc2c1CCNc1cc(Cl)ncn1. The molecule has 3 rings (SSSR count). The zero-order valence-electron chi connectivity index (χ0n) is 11.7. The summed E-state index contributed by atoms with van der Waals surface area (Å²) in [5, 5.41) is 4.93. The number of thiophene rings is 1. The minimum absolute atomic E-state index is 0.313. The minimum Gasteiger partial charge on any atom is -0.370 e. The Bertz CT molecular complexity index is 835. The van der Waals surface area contributed by atoms with Crippen molar-refractivity contribution in [3.63, 3.8) is 0 Å². The molecule has 0 saturated heterocycles. The highest BCUT2D eigenvalue weighted by Crippen LogP contribution is 2.36. The fourth-order valence-electron chi connectivity index (χ4n) is 2.35. The van der Waals surface area contributed by atoms with Gasteiger partial charge in [-0.15, -0.1) is 11.3 Å². The Kier molecular flexibility index (Phi) is 4.47. The Morgan fingerprint density at radius 2 is 2.05 bits per heavy atom. The molecule has 0 unspecified atom stereocenters. The molecule has 3 nitrogen and oxygen atoms in total. The number of aryl methyl sites for hydroxylation is 1. The first-order chi connectivity index (χ1) is 10.5. The van der Waals surface area contributed by atoms with Gasteiger partial charge >= 0.3 is 0 Å². The summed E-state index contributed by atoms with van der Waals surface area (Å²) < 4.78 is 14.5. The van der Waals surface area contributed by atoms with E-state index in [0.717, 1.165) is 26.9 Å². The molecule has 114 valence electrons. The lowest BCUT2D eigenvalue weighted by Crippen LogP contribution is -2.06. The Labute approximate surface area is 141 Å². The fraction of sp³-hybridized carbons (Fsp3) is 0.200. The van der Waals surface area contributed by atoms with Crippen molar-refractivity contribution in [3.05, 3.63) is 51.0 Å². The number of nitrogens with zero attached hydrogens (tertiary/aromatic N) is 2. The smallest absolute Gasteiger partial charge is 0.134 e. The van der Waals surface area contributed by atoms with Crippen LogP contribution >= 0.6 is 34.5 Å². The summed E-state index contributed by atoms with van der Waals surface area (Å²) in [7, 11) is 0. The molecular weight excluding hydrogens is 344 g/mol. The van der Waals surface area contributed by atoms with Gasteiger partial charge in [-0.1, -0.05) is 23.2 Å². The van der Waals surface area contributed by atoms with Crippen molar-refractivity contribution in [2.45, 2.75) is 13.3 Å². The zero-order valence-corrected chi connectivity index (χ0v) is 14.0. The topological polar surface area (TPSA) is 37.8 Å². The van der Waals surface area contributed by atoms with Crippen molar-refractivity contribution >= 4 is 50.4 Å². The number of anilines is 1. The van der Waals surface area contributed by atoms with E-state index in [9.17, 15) is 4.39 Å². The Balaban J connectivity index is 1.80. The third kappa shape index (κ3) is 3.16. The highest BCUT2D eigenvalue weighted by Gasteiger charge is 2.13. The second-order valence-corrected chi connectivity index (χ2v) is 6.82. The van der Waals surface area contributed by atoms with E-state index in [1.54, 1.807) is 23.5 Å². The summed E-state index contributed by atoms with van der Waals surface area (Å²) in [6, 6.07) is 4.56. The summed E-state index contributed by atoms with van der Waals surface area (Å²) in [6.07, 6.45) is 2.15. The number of benzene rings is 1. The summed E-state index contributed by atoms with van der Waals surface area (Å²) >= 11 is 13.5. The van der Waals surface area contributed by atoms with Crippen LogP contribution in [0.2, 0.25) is 10.2 Å². The van der Waals surface area contributed by atoms with Crippen molar-refractivity contribution < 1.29 is 4.39 Å². The van der Waals surface area contributed by atoms with E-state index in [-0.39, 0.29) is 5.82 Å². The van der Waals surface area contributed by atoms with Crippen LogP contribution in [0.3, 0.4) is 0 Å². The van der Waals surface area contributed by atoms with Crippen molar-refractivity contribution in [1.29, 1.82) is 0 Å². The normalized spacial score (nSPS) is 11.1. The van der Waals surface area contributed by atoms with Crippen LogP contribution in [-0.4, -0.2) is 16.5 Å². The molecule has 22 heavy (non-hydrogen) atoms. The Morgan fingerprint density at radius 3 is 2.82 bits per heavy atom. The molecule has 0 amide bonds. The van der Waals surface area contributed by atoms with Gasteiger partial charge in [0.2, 0.25) is 0 Å². The van der Waals surface area contributed by atoms with Crippen LogP contribution in [0.1, 0.15) is 10.4 Å². The highest BCUT2D eigenvalue weighted by molar-refractivity contribution is 7.19. The largest absolute Gasteiger partial charge is 0.370 e. The third-order valence-corrected chi connectivity index (χ3v) is 5.14. The molecule has 2 heterocycles. The maximum absolute atomic E-state index is 13.6. The van der Waals surface area contributed by atoms with Crippen molar-refractivity contribution in [1.82, 2.24) is 9.97 Å². The van der Waals surface area contributed by atoms with Crippen LogP contribution in [0.15, 0.2) is 24.5 Å². The monoisotopic (exact) mass is 355 g/mol. The quantitative estimate of drug-likeness (QED) is 0.661. The average Bonchev–Trinajstić information content (AvgIpc) is 2.76. The van der Waals surface area contributed by atoms with Gasteiger partial charge in [0.25, 0.3) is 0 Å². The first kappa shape index (κ1) is 15.5. The van der Waals surface area contributed by atoms with Crippen LogP contribution in [0, 0.1) is 12.7 Å². The standard InChI is InChI=1S/C15H12Cl2FN3S/c1-8-10(2-3-19-14-6-13(17)20-7-21-14)11-4-9(18)5-12(16)15(11)22-8/h4-7H,2-3H2,1H3,(H,19,20,21). The number of aromatic nitrogens is 2. The van der Waals surface area contributed by atoms with Gasteiger partial charge in [0.15, 0.2) is 0 Å². The molecule has 0 aliphatic rings. The molecule has 0 fully saturated rings. The van der Waals surface area contributed by atoms with E-state index in [1.165, 1.54) is 12.4 Å². The number of hydrogen-bond acceptors (Lipinski definition) is 4. The van der Waals surface area contributed by atoms with Crippen molar-refractivity contribution in [2.75, 3.05) is 11.9 Å². The van der Waals surface area contributed by atoms with Gasteiger partial charge in [-0.25, -0.2) is 14.4 Å². The molecular formula is C15H12Cl2FN3S.